The lowest BCUT2D eigenvalue weighted by Gasteiger charge is -2.13. The van der Waals surface area contributed by atoms with Crippen molar-refractivity contribution in [1.29, 1.82) is 0 Å². The van der Waals surface area contributed by atoms with E-state index in [2.05, 4.69) is 16.0 Å². The lowest BCUT2D eigenvalue weighted by atomic mass is 10.2. The number of amides is 4. The average Bonchev–Trinajstić information content (AvgIpc) is 2.60. The quantitative estimate of drug-likeness (QED) is 0.563. The van der Waals surface area contributed by atoms with Crippen LogP contribution in [0.5, 0.6) is 0 Å². The third kappa shape index (κ3) is 7.66. The Morgan fingerprint density at radius 3 is 2.37 bits per heavy atom. The average molecular weight is 373 g/mol. The summed E-state index contributed by atoms with van der Waals surface area (Å²) in [5.74, 6) is -1.31. The number of hydrogen-bond acceptors (Lipinski definition) is 3. The maximum atomic E-state index is 13.1. The van der Waals surface area contributed by atoms with Crippen molar-refractivity contribution in [3.8, 4) is 0 Å². The van der Waals surface area contributed by atoms with Gasteiger partial charge in [0.1, 0.15) is 5.82 Å². The van der Waals surface area contributed by atoms with Crippen LogP contribution in [-0.2, 0) is 16.1 Å². The van der Waals surface area contributed by atoms with Crippen LogP contribution < -0.4 is 20.9 Å². The SMILES string of the molecule is C[NH+](CC(=O)NC(=O)NCc1ccccc1)CC(=O)Nc1cccc(F)c1. The van der Waals surface area contributed by atoms with Crippen molar-refractivity contribution in [2.24, 2.45) is 0 Å². The number of likely N-dealkylation sites (N-methyl/N-ethyl adjacent to an activating group) is 1. The van der Waals surface area contributed by atoms with Crippen molar-refractivity contribution in [2.75, 3.05) is 25.5 Å². The summed E-state index contributed by atoms with van der Waals surface area (Å²) >= 11 is 0. The number of benzene rings is 2. The highest BCUT2D eigenvalue weighted by atomic mass is 19.1. The van der Waals surface area contributed by atoms with Gasteiger partial charge in [-0.05, 0) is 23.8 Å². The van der Waals surface area contributed by atoms with E-state index in [0.717, 1.165) is 5.56 Å². The number of nitrogens with one attached hydrogen (secondary N) is 4. The van der Waals surface area contributed by atoms with Gasteiger partial charge in [0, 0.05) is 12.2 Å². The Bertz CT molecular complexity index is 799. The van der Waals surface area contributed by atoms with Gasteiger partial charge < -0.3 is 15.5 Å². The van der Waals surface area contributed by atoms with Crippen LogP contribution in [0.1, 0.15) is 5.56 Å². The monoisotopic (exact) mass is 373 g/mol. The van der Waals surface area contributed by atoms with Crippen LogP contribution in [0.15, 0.2) is 54.6 Å². The summed E-state index contributed by atoms with van der Waals surface area (Å²) in [6, 6.07) is 14.2. The van der Waals surface area contributed by atoms with Crippen molar-refractivity contribution in [3.05, 3.63) is 66.0 Å². The Balaban J connectivity index is 1.69. The number of hydrogen-bond donors (Lipinski definition) is 4. The summed E-state index contributed by atoms with van der Waals surface area (Å²) in [5.41, 5.74) is 1.26. The molecular weight excluding hydrogens is 351 g/mol. The number of anilines is 1. The predicted molar refractivity (Wildman–Crippen MR) is 98.5 cm³/mol. The molecule has 2 rings (SSSR count). The van der Waals surface area contributed by atoms with Gasteiger partial charge in [-0.3, -0.25) is 14.9 Å². The van der Waals surface area contributed by atoms with Gasteiger partial charge in [0.25, 0.3) is 11.8 Å². The van der Waals surface area contributed by atoms with Gasteiger partial charge in [0.2, 0.25) is 0 Å². The minimum absolute atomic E-state index is 0.00440. The molecule has 0 aliphatic rings. The van der Waals surface area contributed by atoms with E-state index >= 15 is 0 Å². The molecule has 4 N–H and O–H groups in total. The molecule has 0 spiro atoms. The lowest BCUT2D eigenvalue weighted by molar-refractivity contribution is -0.862. The van der Waals surface area contributed by atoms with Gasteiger partial charge >= 0.3 is 6.03 Å². The molecule has 0 aromatic heterocycles. The third-order valence-electron chi connectivity index (χ3n) is 3.58. The second-order valence-electron chi connectivity index (χ2n) is 6.09. The molecule has 2 aromatic carbocycles. The van der Waals surface area contributed by atoms with Gasteiger partial charge in [0.15, 0.2) is 13.1 Å². The summed E-state index contributed by atoms with van der Waals surface area (Å²) in [7, 11) is 1.65. The van der Waals surface area contributed by atoms with Gasteiger partial charge in [-0.25, -0.2) is 9.18 Å². The van der Waals surface area contributed by atoms with Crippen molar-refractivity contribution in [1.82, 2.24) is 10.6 Å². The Morgan fingerprint density at radius 2 is 1.67 bits per heavy atom. The summed E-state index contributed by atoms with van der Waals surface area (Å²) < 4.78 is 13.1. The minimum atomic E-state index is -0.596. The highest BCUT2D eigenvalue weighted by Gasteiger charge is 2.16. The maximum absolute atomic E-state index is 13.1. The largest absolute Gasteiger partial charge is 0.334 e. The van der Waals surface area contributed by atoms with E-state index in [1.54, 1.807) is 13.1 Å². The van der Waals surface area contributed by atoms with Gasteiger partial charge in [-0.1, -0.05) is 36.4 Å². The highest BCUT2D eigenvalue weighted by molar-refractivity contribution is 5.95. The standard InChI is InChI=1S/C19H21FN4O3/c1-24(12-17(25)22-16-9-5-8-15(20)10-16)13-18(26)23-19(27)21-11-14-6-3-2-4-7-14/h2-10H,11-13H2,1H3,(H,22,25)(H2,21,23,26,27)/p+1. The van der Waals surface area contributed by atoms with E-state index in [4.69, 9.17) is 0 Å². The lowest BCUT2D eigenvalue weighted by Crippen LogP contribution is -3.11. The molecule has 0 saturated carbocycles. The fourth-order valence-corrected chi connectivity index (χ4v) is 2.38. The summed E-state index contributed by atoms with van der Waals surface area (Å²) in [4.78, 5) is 36.1. The Morgan fingerprint density at radius 1 is 0.963 bits per heavy atom. The Hall–Kier alpha value is -3.26. The zero-order chi connectivity index (χ0) is 19.6. The first kappa shape index (κ1) is 20.1. The predicted octanol–water partition coefficient (Wildman–Crippen LogP) is 0.305. The molecule has 0 fully saturated rings. The summed E-state index contributed by atoms with van der Waals surface area (Å²) in [6.07, 6.45) is 0. The van der Waals surface area contributed by atoms with Crippen LogP contribution in [0.25, 0.3) is 0 Å². The normalized spacial score (nSPS) is 11.3. The summed E-state index contributed by atoms with van der Waals surface area (Å²) in [6.45, 7) is 0.240. The molecule has 142 valence electrons. The number of halogens is 1. The molecule has 1 unspecified atom stereocenters. The highest BCUT2D eigenvalue weighted by Crippen LogP contribution is 2.08. The number of urea groups is 1. The first-order valence-electron chi connectivity index (χ1n) is 8.40. The minimum Gasteiger partial charge on any atom is -0.334 e. The molecule has 1 atom stereocenters. The van der Waals surface area contributed by atoms with Crippen LogP contribution in [-0.4, -0.2) is 38.0 Å². The van der Waals surface area contributed by atoms with Crippen molar-refractivity contribution in [2.45, 2.75) is 6.54 Å². The van der Waals surface area contributed by atoms with Crippen molar-refractivity contribution in [3.63, 3.8) is 0 Å². The fourth-order valence-electron chi connectivity index (χ4n) is 2.38. The van der Waals surface area contributed by atoms with E-state index in [-0.39, 0.29) is 19.0 Å². The molecule has 0 heterocycles. The number of carbonyl (C=O) groups is 3. The molecule has 2 aromatic rings. The molecule has 0 saturated heterocycles. The number of quaternary nitrogens is 1. The van der Waals surface area contributed by atoms with E-state index in [0.29, 0.717) is 17.1 Å². The molecular formula is C19H22FN4O3+. The van der Waals surface area contributed by atoms with Crippen LogP contribution in [0.4, 0.5) is 14.9 Å². The zero-order valence-electron chi connectivity index (χ0n) is 14.9. The smallest absolute Gasteiger partial charge is 0.321 e. The van der Waals surface area contributed by atoms with E-state index < -0.39 is 17.8 Å². The van der Waals surface area contributed by atoms with Crippen LogP contribution >= 0.6 is 0 Å². The molecule has 0 aliphatic heterocycles. The molecule has 0 aliphatic carbocycles. The molecule has 7 nitrogen and oxygen atoms in total. The molecule has 0 bridgehead atoms. The van der Waals surface area contributed by atoms with E-state index in [1.807, 2.05) is 30.3 Å². The van der Waals surface area contributed by atoms with Crippen molar-refractivity contribution >= 4 is 23.5 Å². The van der Waals surface area contributed by atoms with Gasteiger partial charge in [0.05, 0.1) is 7.05 Å². The Labute approximate surface area is 156 Å². The molecule has 8 heteroatoms. The molecule has 0 radical (unpaired) electrons. The zero-order valence-corrected chi connectivity index (χ0v) is 14.9. The van der Waals surface area contributed by atoms with Crippen LogP contribution in [0.2, 0.25) is 0 Å². The second-order valence-corrected chi connectivity index (χ2v) is 6.09. The number of rotatable bonds is 7. The number of imide groups is 1. The van der Waals surface area contributed by atoms with Gasteiger partial charge in [-0.2, -0.15) is 0 Å². The Kier molecular flexibility index (Phi) is 7.45. The van der Waals surface area contributed by atoms with E-state index in [9.17, 15) is 18.8 Å². The third-order valence-corrected chi connectivity index (χ3v) is 3.58. The van der Waals surface area contributed by atoms with Gasteiger partial charge in [-0.15, -0.1) is 0 Å². The molecule has 4 amide bonds. The van der Waals surface area contributed by atoms with Crippen LogP contribution in [0.3, 0.4) is 0 Å². The number of carbonyl (C=O) groups excluding carboxylic acids is 3. The molecule has 27 heavy (non-hydrogen) atoms. The van der Waals surface area contributed by atoms with Crippen molar-refractivity contribution < 1.29 is 23.7 Å². The summed E-state index contributed by atoms with van der Waals surface area (Å²) in [5, 5.41) is 7.36. The second kappa shape index (κ2) is 10.0. The first-order chi connectivity index (χ1) is 12.9. The topological polar surface area (TPSA) is 91.7 Å². The first-order valence-corrected chi connectivity index (χ1v) is 8.40. The van der Waals surface area contributed by atoms with Crippen LogP contribution in [0, 0.1) is 5.82 Å². The van der Waals surface area contributed by atoms with E-state index in [1.165, 1.54) is 18.2 Å². The fraction of sp³-hybridized carbons (Fsp3) is 0.211. The maximum Gasteiger partial charge on any atom is 0.321 e.